The number of aromatic nitrogens is 1. The van der Waals surface area contributed by atoms with Gasteiger partial charge in [-0.15, -0.1) is 0 Å². The van der Waals surface area contributed by atoms with Crippen molar-refractivity contribution in [3.05, 3.63) is 23.5 Å². The number of morpholine rings is 1. The lowest BCUT2D eigenvalue weighted by Crippen LogP contribution is -2.46. The van der Waals surface area contributed by atoms with E-state index in [-0.39, 0.29) is 24.7 Å². The Balaban J connectivity index is 1.57. The Morgan fingerprint density at radius 3 is 3.00 bits per heavy atom. The molecule has 0 aromatic carbocycles. The summed E-state index contributed by atoms with van der Waals surface area (Å²) in [5.74, 6) is 0.00998. The van der Waals surface area contributed by atoms with Crippen molar-refractivity contribution in [3.63, 3.8) is 0 Å². The fourth-order valence-electron chi connectivity index (χ4n) is 3.48. The van der Waals surface area contributed by atoms with E-state index in [1.54, 1.807) is 0 Å². The second-order valence-corrected chi connectivity index (χ2v) is 6.41. The molecule has 3 heterocycles. The van der Waals surface area contributed by atoms with Crippen LogP contribution in [0.2, 0.25) is 0 Å². The first-order valence-electron chi connectivity index (χ1n) is 7.97. The fourth-order valence-corrected chi connectivity index (χ4v) is 3.48. The number of rotatable bonds is 4. The summed E-state index contributed by atoms with van der Waals surface area (Å²) in [4.78, 5) is 14.8. The Labute approximate surface area is 131 Å². The van der Waals surface area contributed by atoms with Gasteiger partial charge in [0.05, 0.1) is 18.3 Å². The first-order valence-corrected chi connectivity index (χ1v) is 7.97. The summed E-state index contributed by atoms with van der Waals surface area (Å²) in [7, 11) is 1.95. The Morgan fingerprint density at radius 1 is 1.50 bits per heavy atom. The summed E-state index contributed by atoms with van der Waals surface area (Å²) in [6, 6.07) is 2.43. The SMILES string of the molecule is Cc1c(C(=O)N[C@@H]2C[C@H]3CO[C@@H](CCO)CN3C2)ccn1C. The highest BCUT2D eigenvalue weighted by Gasteiger charge is 2.37. The van der Waals surface area contributed by atoms with Crippen LogP contribution in [0.15, 0.2) is 12.3 Å². The summed E-state index contributed by atoms with van der Waals surface area (Å²) in [6.07, 6.45) is 3.65. The molecule has 2 aliphatic heterocycles. The molecule has 3 atom stereocenters. The summed E-state index contributed by atoms with van der Waals surface area (Å²) in [6.45, 7) is 4.54. The van der Waals surface area contributed by atoms with E-state index in [1.165, 1.54) is 0 Å². The van der Waals surface area contributed by atoms with E-state index >= 15 is 0 Å². The highest BCUT2D eigenvalue weighted by molar-refractivity contribution is 5.95. The monoisotopic (exact) mass is 307 g/mol. The van der Waals surface area contributed by atoms with Crippen molar-refractivity contribution < 1.29 is 14.6 Å². The number of hydrogen-bond acceptors (Lipinski definition) is 4. The Kier molecular flexibility index (Phi) is 4.52. The van der Waals surface area contributed by atoms with E-state index in [9.17, 15) is 4.79 Å². The maximum Gasteiger partial charge on any atom is 0.253 e. The van der Waals surface area contributed by atoms with Crippen LogP contribution in [-0.2, 0) is 11.8 Å². The van der Waals surface area contributed by atoms with Crippen LogP contribution in [0.5, 0.6) is 0 Å². The second-order valence-electron chi connectivity index (χ2n) is 6.41. The highest BCUT2D eigenvalue weighted by Crippen LogP contribution is 2.24. The smallest absolute Gasteiger partial charge is 0.253 e. The van der Waals surface area contributed by atoms with Crippen molar-refractivity contribution in [2.24, 2.45) is 7.05 Å². The number of amides is 1. The molecule has 2 saturated heterocycles. The van der Waals surface area contributed by atoms with Gasteiger partial charge in [0, 0.05) is 50.7 Å². The number of aliphatic hydroxyl groups is 1. The van der Waals surface area contributed by atoms with Crippen LogP contribution in [0.4, 0.5) is 0 Å². The molecule has 6 nitrogen and oxygen atoms in total. The third kappa shape index (κ3) is 3.04. The zero-order chi connectivity index (χ0) is 15.7. The molecule has 0 spiro atoms. The van der Waals surface area contributed by atoms with Gasteiger partial charge in [0.1, 0.15) is 0 Å². The van der Waals surface area contributed by atoms with Crippen molar-refractivity contribution >= 4 is 5.91 Å². The van der Waals surface area contributed by atoms with Crippen LogP contribution < -0.4 is 5.32 Å². The first-order chi connectivity index (χ1) is 10.6. The molecule has 122 valence electrons. The third-order valence-corrected chi connectivity index (χ3v) is 4.90. The lowest BCUT2D eigenvalue weighted by Gasteiger charge is -2.34. The van der Waals surface area contributed by atoms with E-state index in [1.807, 2.05) is 30.8 Å². The molecule has 6 heteroatoms. The van der Waals surface area contributed by atoms with Crippen LogP contribution in [0.25, 0.3) is 0 Å². The number of aliphatic hydroxyl groups excluding tert-OH is 1. The second kappa shape index (κ2) is 6.40. The average Bonchev–Trinajstić information content (AvgIpc) is 3.03. The highest BCUT2D eigenvalue weighted by atomic mass is 16.5. The molecule has 0 bridgehead atoms. The normalized spacial score (nSPS) is 28.6. The Morgan fingerprint density at radius 2 is 2.32 bits per heavy atom. The van der Waals surface area contributed by atoms with Crippen LogP contribution >= 0.6 is 0 Å². The summed E-state index contributed by atoms with van der Waals surface area (Å²) in [5.41, 5.74) is 1.74. The van der Waals surface area contributed by atoms with E-state index in [2.05, 4.69) is 10.2 Å². The van der Waals surface area contributed by atoms with E-state index in [0.29, 0.717) is 19.1 Å². The molecular weight excluding hydrogens is 282 g/mol. The minimum absolute atomic E-state index is 0.00998. The maximum atomic E-state index is 12.4. The number of hydrogen-bond donors (Lipinski definition) is 2. The van der Waals surface area contributed by atoms with Gasteiger partial charge in [-0.3, -0.25) is 9.69 Å². The third-order valence-electron chi connectivity index (χ3n) is 4.90. The molecule has 2 N–H and O–H groups in total. The number of fused-ring (bicyclic) bond motifs is 1. The van der Waals surface area contributed by atoms with Crippen molar-refractivity contribution in [1.29, 1.82) is 0 Å². The minimum Gasteiger partial charge on any atom is -0.396 e. The van der Waals surface area contributed by atoms with E-state index < -0.39 is 0 Å². The summed E-state index contributed by atoms with van der Waals surface area (Å²) < 4.78 is 7.73. The minimum atomic E-state index is 0.00998. The van der Waals surface area contributed by atoms with Crippen LogP contribution in [0.3, 0.4) is 0 Å². The molecule has 0 unspecified atom stereocenters. The molecule has 3 rings (SSSR count). The van der Waals surface area contributed by atoms with Gasteiger partial charge < -0.3 is 19.7 Å². The van der Waals surface area contributed by atoms with Crippen LogP contribution in [-0.4, -0.2) is 65.0 Å². The standard InChI is InChI=1S/C16H25N3O3/c1-11-15(3-5-18(11)2)16(21)17-12-7-13-10-22-14(4-6-20)9-19(13)8-12/h3,5,12-14,20H,4,6-10H2,1-2H3,(H,17,21)/t12-,13+,14+/m1/s1. The maximum absolute atomic E-state index is 12.4. The number of nitrogens with one attached hydrogen (secondary N) is 1. The number of aryl methyl sites for hydroxylation is 1. The molecule has 22 heavy (non-hydrogen) atoms. The quantitative estimate of drug-likeness (QED) is 0.839. The number of ether oxygens (including phenoxy) is 1. The average molecular weight is 307 g/mol. The van der Waals surface area contributed by atoms with Gasteiger partial charge in [-0.2, -0.15) is 0 Å². The fraction of sp³-hybridized carbons (Fsp3) is 0.688. The molecule has 2 fully saturated rings. The lowest BCUT2D eigenvalue weighted by molar-refractivity contribution is -0.0566. The number of carbonyl (C=O) groups is 1. The summed E-state index contributed by atoms with van der Waals surface area (Å²) in [5, 5.41) is 12.2. The van der Waals surface area contributed by atoms with E-state index in [4.69, 9.17) is 9.84 Å². The Bertz CT molecular complexity index is 543. The molecule has 0 aliphatic carbocycles. The number of carbonyl (C=O) groups excluding carboxylic acids is 1. The largest absolute Gasteiger partial charge is 0.396 e. The van der Waals surface area contributed by atoms with Gasteiger partial charge in [-0.1, -0.05) is 0 Å². The van der Waals surface area contributed by atoms with Gasteiger partial charge in [-0.05, 0) is 25.8 Å². The van der Waals surface area contributed by atoms with Crippen molar-refractivity contribution in [2.75, 3.05) is 26.3 Å². The van der Waals surface area contributed by atoms with Gasteiger partial charge in [0.15, 0.2) is 0 Å². The van der Waals surface area contributed by atoms with Gasteiger partial charge in [0.25, 0.3) is 5.91 Å². The zero-order valence-electron chi connectivity index (χ0n) is 13.3. The van der Waals surface area contributed by atoms with E-state index in [0.717, 1.165) is 30.8 Å². The molecule has 2 aliphatic rings. The van der Waals surface area contributed by atoms with Crippen LogP contribution in [0.1, 0.15) is 28.9 Å². The van der Waals surface area contributed by atoms with Crippen molar-refractivity contribution in [1.82, 2.24) is 14.8 Å². The van der Waals surface area contributed by atoms with Gasteiger partial charge in [0.2, 0.25) is 0 Å². The zero-order valence-corrected chi connectivity index (χ0v) is 13.3. The topological polar surface area (TPSA) is 66.7 Å². The predicted molar refractivity (Wildman–Crippen MR) is 82.8 cm³/mol. The van der Waals surface area contributed by atoms with Gasteiger partial charge in [-0.25, -0.2) is 0 Å². The molecule has 0 radical (unpaired) electrons. The molecule has 0 saturated carbocycles. The van der Waals surface area contributed by atoms with Crippen LogP contribution in [0, 0.1) is 6.92 Å². The first kappa shape index (κ1) is 15.5. The Hall–Kier alpha value is -1.37. The molecule has 1 aromatic heterocycles. The molecule has 1 aromatic rings. The van der Waals surface area contributed by atoms with Crippen molar-refractivity contribution in [3.8, 4) is 0 Å². The number of nitrogens with zero attached hydrogens (tertiary/aromatic N) is 2. The molecular formula is C16H25N3O3. The van der Waals surface area contributed by atoms with Crippen molar-refractivity contribution in [2.45, 2.75) is 38.0 Å². The van der Waals surface area contributed by atoms with Gasteiger partial charge >= 0.3 is 0 Å². The molecule has 1 amide bonds. The predicted octanol–water partition coefficient (Wildman–Crippen LogP) is 0.287. The lowest BCUT2D eigenvalue weighted by atomic mass is 10.1. The summed E-state index contributed by atoms with van der Waals surface area (Å²) >= 11 is 0.